The fraction of sp³-hybridized carbons (Fsp3) is 0.933. The van der Waals surface area contributed by atoms with Crippen LogP contribution in [0.4, 0.5) is 0 Å². The molecule has 20 heavy (non-hydrogen) atoms. The first-order valence-corrected chi connectivity index (χ1v) is 7.96. The summed E-state index contributed by atoms with van der Waals surface area (Å²) in [5.74, 6) is 0.503. The molecule has 0 aromatic heterocycles. The van der Waals surface area contributed by atoms with Gasteiger partial charge in [0.25, 0.3) is 0 Å². The Balaban J connectivity index is 1.83. The van der Waals surface area contributed by atoms with Crippen molar-refractivity contribution < 1.29 is 4.79 Å². The molecule has 5 nitrogen and oxygen atoms in total. The number of likely N-dealkylation sites (N-methyl/N-ethyl adjacent to an activating group) is 1. The molecule has 2 N–H and O–H groups in total. The smallest absolute Gasteiger partial charge is 0.225 e. The van der Waals surface area contributed by atoms with Crippen LogP contribution in [0.1, 0.15) is 26.2 Å². The van der Waals surface area contributed by atoms with Gasteiger partial charge < -0.3 is 15.5 Å². The average molecular weight is 282 g/mol. The topological polar surface area (TPSA) is 52.8 Å². The zero-order valence-corrected chi connectivity index (χ0v) is 13.2. The van der Waals surface area contributed by atoms with E-state index in [2.05, 4.69) is 16.7 Å². The minimum absolute atomic E-state index is 0.216. The van der Waals surface area contributed by atoms with Gasteiger partial charge in [-0.15, -0.1) is 0 Å². The van der Waals surface area contributed by atoms with E-state index >= 15 is 0 Å². The Morgan fingerprint density at radius 3 is 2.35 bits per heavy atom. The lowest BCUT2D eigenvalue weighted by Gasteiger charge is -2.44. The highest BCUT2D eigenvalue weighted by molar-refractivity contribution is 5.78. The molecule has 0 aromatic carbocycles. The lowest BCUT2D eigenvalue weighted by molar-refractivity contribution is -0.134. The van der Waals surface area contributed by atoms with Crippen molar-refractivity contribution in [3.63, 3.8) is 0 Å². The van der Waals surface area contributed by atoms with Crippen molar-refractivity contribution in [2.45, 2.75) is 38.3 Å². The summed E-state index contributed by atoms with van der Waals surface area (Å²) >= 11 is 0. The SMILES string of the molecule is CCN1CCC(N2CCC(C(=O)N(C)C)CC2)C(N)C1. The van der Waals surface area contributed by atoms with Gasteiger partial charge in [0.15, 0.2) is 0 Å². The number of nitrogens with two attached hydrogens (primary N) is 1. The fourth-order valence-electron chi connectivity index (χ4n) is 3.62. The Labute approximate surface area is 123 Å². The largest absolute Gasteiger partial charge is 0.349 e. The number of amides is 1. The summed E-state index contributed by atoms with van der Waals surface area (Å²) in [5, 5.41) is 0. The van der Waals surface area contributed by atoms with Crippen molar-refractivity contribution in [1.82, 2.24) is 14.7 Å². The molecule has 2 unspecified atom stereocenters. The van der Waals surface area contributed by atoms with E-state index in [1.165, 1.54) is 6.42 Å². The predicted molar refractivity (Wildman–Crippen MR) is 81.5 cm³/mol. The third kappa shape index (κ3) is 3.51. The van der Waals surface area contributed by atoms with Gasteiger partial charge in [-0.05, 0) is 45.4 Å². The maximum absolute atomic E-state index is 12.0. The van der Waals surface area contributed by atoms with Gasteiger partial charge >= 0.3 is 0 Å². The molecule has 2 aliphatic rings. The first-order valence-electron chi connectivity index (χ1n) is 7.96. The van der Waals surface area contributed by atoms with Gasteiger partial charge in [0.1, 0.15) is 0 Å². The van der Waals surface area contributed by atoms with Gasteiger partial charge in [-0.25, -0.2) is 0 Å². The van der Waals surface area contributed by atoms with Crippen molar-refractivity contribution in [2.24, 2.45) is 11.7 Å². The third-order valence-corrected chi connectivity index (χ3v) is 4.94. The van der Waals surface area contributed by atoms with Crippen LogP contribution in [0.15, 0.2) is 0 Å². The molecular weight excluding hydrogens is 252 g/mol. The van der Waals surface area contributed by atoms with E-state index in [1.54, 1.807) is 4.90 Å². The molecule has 2 heterocycles. The van der Waals surface area contributed by atoms with E-state index in [0.29, 0.717) is 6.04 Å². The fourth-order valence-corrected chi connectivity index (χ4v) is 3.62. The number of carbonyl (C=O) groups excluding carboxylic acids is 1. The minimum Gasteiger partial charge on any atom is -0.349 e. The van der Waals surface area contributed by atoms with Crippen molar-refractivity contribution in [2.75, 3.05) is 46.8 Å². The highest BCUT2D eigenvalue weighted by Gasteiger charge is 2.34. The molecule has 1 amide bonds. The first-order chi connectivity index (χ1) is 9.52. The second-order valence-electron chi connectivity index (χ2n) is 6.46. The summed E-state index contributed by atoms with van der Waals surface area (Å²) in [5.41, 5.74) is 6.36. The molecule has 2 aliphatic heterocycles. The lowest BCUT2D eigenvalue weighted by atomic mass is 9.91. The second-order valence-corrected chi connectivity index (χ2v) is 6.46. The summed E-state index contributed by atoms with van der Waals surface area (Å²) in [4.78, 5) is 18.7. The number of carbonyl (C=O) groups is 1. The monoisotopic (exact) mass is 282 g/mol. The number of nitrogens with zero attached hydrogens (tertiary/aromatic N) is 3. The second kappa shape index (κ2) is 6.87. The van der Waals surface area contributed by atoms with Gasteiger partial charge in [0.05, 0.1) is 0 Å². The molecule has 0 bridgehead atoms. The van der Waals surface area contributed by atoms with Crippen LogP contribution >= 0.6 is 0 Å². The van der Waals surface area contributed by atoms with Gasteiger partial charge in [0.2, 0.25) is 5.91 Å². The van der Waals surface area contributed by atoms with Crippen LogP contribution in [-0.4, -0.2) is 79.5 Å². The summed E-state index contributed by atoms with van der Waals surface area (Å²) in [7, 11) is 3.70. The highest BCUT2D eigenvalue weighted by atomic mass is 16.2. The Bertz CT molecular complexity index is 326. The summed E-state index contributed by atoms with van der Waals surface area (Å²) in [6.07, 6.45) is 3.14. The van der Waals surface area contributed by atoms with Crippen molar-refractivity contribution >= 4 is 5.91 Å². The normalized spacial score (nSPS) is 30.4. The Hall–Kier alpha value is -0.650. The zero-order valence-electron chi connectivity index (χ0n) is 13.2. The van der Waals surface area contributed by atoms with E-state index in [1.807, 2.05) is 14.1 Å². The van der Waals surface area contributed by atoms with Crippen molar-refractivity contribution in [3.05, 3.63) is 0 Å². The third-order valence-electron chi connectivity index (χ3n) is 4.94. The number of hydrogen-bond acceptors (Lipinski definition) is 4. The van der Waals surface area contributed by atoms with Gasteiger partial charge in [-0.2, -0.15) is 0 Å². The van der Waals surface area contributed by atoms with E-state index < -0.39 is 0 Å². The molecule has 0 radical (unpaired) electrons. The van der Waals surface area contributed by atoms with Crippen molar-refractivity contribution in [1.29, 1.82) is 0 Å². The lowest BCUT2D eigenvalue weighted by Crippen LogP contribution is -2.59. The summed E-state index contributed by atoms with van der Waals surface area (Å²) < 4.78 is 0. The molecule has 0 aliphatic carbocycles. The van der Waals surface area contributed by atoms with Crippen LogP contribution in [0.5, 0.6) is 0 Å². The average Bonchev–Trinajstić information content (AvgIpc) is 2.46. The van der Waals surface area contributed by atoms with Crippen molar-refractivity contribution in [3.8, 4) is 0 Å². The molecule has 2 rings (SSSR count). The number of rotatable bonds is 3. The zero-order chi connectivity index (χ0) is 14.7. The van der Waals surface area contributed by atoms with Crippen LogP contribution < -0.4 is 5.73 Å². The molecule has 116 valence electrons. The minimum atomic E-state index is 0.216. The van der Waals surface area contributed by atoms with Crippen LogP contribution in [0.25, 0.3) is 0 Å². The maximum atomic E-state index is 12.0. The van der Waals surface area contributed by atoms with E-state index in [0.717, 1.165) is 45.6 Å². The number of hydrogen-bond donors (Lipinski definition) is 1. The molecule has 0 spiro atoms. The molecule has 2 fully saturated rings. The molecule has 2 saturated heterocycles. The first kappa shape index (κ1) is 15.7. The van der Waals surface area contributed by atoms with Gasteiger partial charge in [0, 0.05) is 38.6 Å². The number of likely N-dealkylation sites (tertiary alicyclic amines) is 2. The van der Waals surface area contributed by atoms with E-state index in [-0.39, 0.29) is 17.9 Å². The Morgan fingerprint density at radius 1 is 1.20 bits per heavy atom. The maximum Gasteiger partial charge on any atom is 0.225 e. The highest BCUT2D eigenvalue weighted by Crippen LogP contribution is 2.24. The molecule has 0 aromatic rings. The molecule has 5 heteroatoms. The van der Waals surface area contributed by atoms with E-state index in [4.69, 9.17) is 5.73 Å². The summed E-state index contributed by atoms with van der Waals surface area (Å²) in [6, 6.07) is 0.762. The van der Waals surface area contributed by atoms with Gasteiger partial charge in [-0.3, -0.25) is 9.69 Å². The van der Waals surface area contributed by atoms with Crippen LogP contribution in [0.2, 0.25) is 0 Å². The standard InChI is InChI=1S/C15H30N4O/c1-4-18-8-7-14(13(16)11-18)19-9-5-12(6-10-19)15(20)17(2)3/h12-14H,4-11,16H2,1-3H3. The Morgan fingerprint density at radius 2 is 1.85 bits per heavy atom. The number of piperidine rings is 2. The van der Waals surface area contributed by atoms with E-state index in [9.17, 15) is 4.79 Å². The van der Waals surface area contributed by atoms with Crippen LogP contribution in [0.3, 0.4) is 0 Å². The predicted octanol–water partition coefficient (Wildman–Crippen LogP) is 0.208. The molecule has 2 atom stereocenters. The summed E-state index contributed by atoms with van der Waals surface area (Å²) in [6.45, 7) is 7.51. The van der Waals surface area contributed by atoms with Crippen LogP contribution in [0, 0.1) is 5.92 Å². The molecule has 0 saturated carbocycles. The van der Waals surface area contributed by atoms with Gasteiger partial charge in [-0.1, -0.05) is 6.92 Å². The molecular formula is C15H30N4O. The quantitative estimate of drug-likeness (QED) is 0.804. The van der Waals surface area contributed by atoms with Crippen LogP contribution in [-0.2, 0) is 4.79 Å². The Kier molecular flexibility index (Phi) is 5.41.